The topological polar surface area (TPSA) is 55.9 Å². The van der Waals surface area contributed by atoms with Gasteiger partial charge in [0.2, 0.25) is 0 Å². The summed E-state index contributed by atoms with van der Waals surface area (Å²) in [4.78, 5) is 1.19. The summed E-state index contributed by atoms with van der Waals surface area (Å²) in [6.45, 7) is 1.64. The van der Waals surface area contributed by atoms with Gasteiger partial charge in [0.05, 0.1) is 6.20 Å². The van der Waals surface area contributed by atoms with Crippen LogP contribution < -0.4 is 11.1 Å². The summed E-state index contributed by atoms with van der Waals surface area (Å²) in [5.41, 5.74) is 7.84. The highest BCUT2D eigenvalue weighted by Gasteiger charge is 2.00. The lowest BCUT2D eigenvalue weighted by molar-refractivity contribution is 0.700. The van der Waals surface area contributed by atoms with Crippen LogP contribution in [-0.2, 0) is 20.1 Å². The van der Waals surface area contributed by atoms with E-state index in [-0.39, 0.29) is 0 Å². The van der Waals surface area contributed by atoms with E-state index < -0.39 is 0 Å². The Morgan fingerprint density at radius 3 is 3.00 bits per heavy atom. The number of nitrogens with zero attached hydrogens (tertiary/aromatic N) is 2. The van der Waals surface area contributed by atoms with Crippen molar-refractivity contribution in [2.45, 2.75) is 13.1 Å². The minimum atomic E-state index is 0.818. The van der Waals surface area contributed by atoms with Crippen LogP contribution in [0, 0.1) is 0 Å². The molecule has 0 atom stereocenters. The van der Waals surface area contributed by atoms with Crippen molar-refractivity contribution in [1.29, 1.82) is 0 Å². The molecule has 15 heavy (non-hydrogen) atoms. The molecule has 3 N–H and O–H groups in total. The quantitative estimate of drug-likeness (QED) is 0.821. The molecule has 0 spiro atoms. The lowest BCUT2D eigenvalue weighted by Gasteiger charge is -2.01. The SMILES string of the molecule is Cn1cc(CNCc2sccc2N)cn1. The van der Waals surface area contributed by atoms with Crippen LogP contribution in [0.1, 0.15) is 10.4 Å². The highest BCUT2D eigenvalue weighted by molar-refractivity contribution is 7.10. The van der Waals surface area contributed by atoms with E-state index in [4.69, 9.17) is 5.73 Å². The number of nitrogens with two attached hydrogens (primary N) is 1. The molecule has 0 unspecified atom stereocenters. The number of rotatable bonds is 4. The van der Waals surface area contributed by atoms with Crippen LogP contribution in [-0.4, -0.2) is 9.78 Å². The van der Waals surface area contributed by atoms with Crippen molar-refractivity contribution in [3.05, 3.63) is 34.3 Å². The lowest BCUT2D eigenvalue weighted by atomic mass is 10.3. The fourth-order valence-corrected chi connectivity index (χ4v) is 2.15. The van der Waals surface area contributed by atoms with Crippen LogP contribution in [0.5, 0.6) is 0 Å². The van der Waals surface area contributed by atoms with Crippen molar-refractivity contribution < 1.29 is 0 Å². The Morgan fingerprint density at radius 1 is 1.53 bits per heavy atom. The number of thiophene rings is 1. The first-order chi connectivity index (χ1) is 7.25. The first-order valence-corrected chi connectivity index (χ1v) is 5.64. The minimum Gasteiger partial charge on any atom is -0.398 e. The van der Waals surface area contributed by atoms with E-state index in [1.807, 2.05) is 30.9 Å². The van der Waals surface area contributed by atoms with Gasteiger partial charge in [-0.1, -0.05) is 0 Å². The van der Waals surface area contributed by atoms with Gasteiger partial charge in [-0.15, -0.1) is 11.3 Å². The normalized spacial score (nSPS) is 10.7. The number of hydrogen-bond acceptors (Lipinski definition) is 4. The Morgan fingerprint density at radius 2 is 2.40 bits per heavy atom. The third kappa shape index (κ3) is 2.57. The standard InChI is InChI=1S/C10H14N4S/c1-14-7-8(5-13-14)4-12-6-10-9(11)2-3-15-10/h2-3,5,7,12H,4,6,11H2,1H3. The van der Waals surface area contributed by atoms with Crippen molar-refractivity contribution in [2.24, 2.45) is 7.05 Å². The lowest BCUT2D eigenvalue weighted by Crippen LogP contribution is -2.12. The van der Waals surface area contributed by atoms with E-state index in [0.29, 0.717) is 0 Å². The maximum Gasteiger partial charge on any atom is 0.0534 e. The first kappa shape index (κ1) is 10.2. The highest BCUT2D eigenvalue weighted by Crippen LogP contribution is 2.18. The Balaban J connectivity index is 1.83. The molecule has 0 aliphatic rings. The van der Waals surface area contributed by atoms with Gasteiger partial charge < -0.3 is 11.1 Å². The van der Waals surface area contributed by atoms with Crippen molar-refractivity contribution in [3.8, 4) is 0 Å². The van der Waals surface area contributed by atoms with E-state index in [2.05, 4.69) is 10.4 Å². The summed E-state index contributed by atoms with van der Waals surface area (Å²) in [6, 6.07) is 1.94. The summed E-state index contributed by atoms with van der Waals surface area (Å²) in [5, 5.41) is 9.45. The molecule has 2 aromatic rings. The average Bonchev–Trinajstić information content (AvgIpc) is 2.77. The number of anilines is 1. The maximum absolute atomic E-state index is 5.78. The monoisotopic (exact) mass is 222 g/mol. The Bertz CT molecular complexity index is 432. The van der Waals surface area contributed by atoms with Gasteiger partial charge in [0.15, 0.2) is 0 Å². The van der Waals surface area contributed by atoms with E-state index in [1.54, 1.807) is 16.0 Å². The van der Waals surface area contributed by atoms with Gasteiger partial charge in [-0.05, 0) is 11.4 Å². The molecule has 80 valence electrons. The largest absolute Gasteiger partial charge is 0.398 e. The molecule has 5 heteroatoms. The van der Waals surface area contributed by atoms with Crippen LogP contribution >= 0.6 is 11.3 Å². The van der Waals surface area contributed by atoms with Crippen molar-refractivity contribution in [3.63, 3.8) is 0 Å². The Kier molecular flexibility index (Phi) is 3.03. The molecule has 0 saturated carbocycles. The van der Waals surface area contributed by atoms with Gasteiger partial charge in [0.1, 0.15) is 0 Å². The molecule has 0 bridgehead atoms. The summed E-state index contributed by atoms with van der Waals surface area (Å²) >= 11 is 1.68. The highest BCUT2D eigenvalue weighted by atomic mass is 32.1. The molecule has 2 heterocycles. The van der Waals surface area contributed by atoms with E-state index in [9.17, 15) is 0 Å². The molecule has 0 aromatic carbocycles. The number of aryl methyl sites for hydroxylation is 1. The second-order valence-electron chi connectivity index (χ2n) is 3.42. The van der Waals surface area contributed by atoms with Gasteiger partial charge in [0.25, 0.3) is 0 Å². The predicted octanol–water partition coefficient (Wildman–Crippen LogP) is 1.35. The molecule has 0 aliphatic heterocycles. The molecule has 0 radical (unpaired) electrons. The van der Waals surface area contributed by atoms with Crippen LogP contribution in [0.4, 0.5) is 5.69 Å². The van der Waals surface area contributed by atoms with Gasteiger partial charge in [-0.25, -0.2) is 0 Å². The fourth-order valence-electron chi connectivity index (χ4n) is 1.38. The van der Waals surface area contributed by atoms with E-state index >= 15 is 0 Å². The zero-order valence-electron chi connectivity index (χ0n) is 8.60. The number of aromatic nitrogens is 2. The van der Waals surface area contributed by atoms with Gasteiger partial charge >= 0.3 is 0 Å². The number of nitrogens with one attached hydrogen (secondary N) is 1. The zero-order chi connectivity index (χ0) is 10.7. The summed E-state index contributed by atoms with van der Waals surface area (Å²) in [7, 11) is 1.92. The Hall–Kier alpha value is -1.33. The van der Waals surface area contributed by atoms with E-state index in [1.165, 1.54) is 10.4 Å². The maximum atomic E-state index is 5.78. The molecular formula is C10H14N4S. The molecule has 0 saturated heterocycles. The smallest absolute Gasteiger partial charge is 0.0534 e. The molecule has 4 nitrogen and oxygen atoms in total. The van der Waals surface area contributed by atoms with Crippen molar-refractivity contribution in [1.82, 2.24) is 15.1 Å². The van der Waals surface area contributed by atoms with Crippen molar-refractivity contribution >= 4 is 17.0 Å². The number of nitrogen functional groups attached to an aromatic ring is 1. The molecule has 0 fully saturated rings. The van der Waals surface area contributed by atoms with Crippen LogP contribution in [0.3, 0.4) is 0 Å². The van der Waals surface area contributed by atoms with Crippen LogP contribution in [0.15, 0.2) is 23.8 Å². The fraction of sp³-hybridized carbons (Fsp3) is 0.300. The van der Waals surface area contributed by atoms with Crippen molar-refractivity contribution in [2.75, 3.05) is 5.73 Å². The molecule has 0 amide bonds. The second-order valence-corrected chi connectivity index (χ2v) is 4.43. The third-order valence-electron chi connectivity index (χ3n) is 2.15. The Labute approximate surface area is 92.7 Å². The van der Waals surface area contributed by atoms with Gasteiger partial charge in [0, 0.05) is 42.5 Å². The number of hydrogen-bond donors (Lipinski definition) is 2. The average molecular weight is 222 g/mol. The third-order valence-corrected chi connectivity index (χ3v) is 3.09. The summed E-state index contributed by atoms with van der Waals surface area (Å²) in [6.07, 6.45) is 3.87. The summed E-state index contributed by atoms with van der Waals surface area (Å²) in [5.74, 6) is 0. The van der Waals surface area contributed by atoms with Crippen LogP contribution in [0.2, 0.25) is 0 Å². The minimum absolute atomic E-state index is 0.818. The molecule has 2 rings (SSSR count). The predicted molar refractivity (Wildman–Crippen MR) is 62.5 cm³/mol. The molecule has 2 aromatic heterocycles. The van der Waals surface area contributed by atoms with Gasteiger partial charge in [-0.3, -0.25) is 4.68 Å². The second kappa shape index (κ2) is 4.46. The van der Waals surface area contributed by atoms with E-state index in [0.717, 1.165) is 18.8 Å². The first-order valence-electron chi connectivity index (χ1n) is 4.76. The zero-order valence-corrected chi connectivity index (χ0v) is 9.42. The summed E-state index contributed by atoms with van der Waals surface area (Å²) < 4.78 is 1.80. The van der Waals surface area contributed by atoms with Gasteiger partial charge in [-0.2, -0.15) is 5.10 Å². The van der Waals surface area contributed by atoms with Crippen LogP contribution in [0.25, 0.3) is 0 Å². The molecular weight excluding hydrogens is 208 g/mol. The molecule has 0 aliphatic carbocycles.